The average molecular weight is 398 g/mol. The summed E-state index contributed by atoms with van der Waals surface area (Å²) in [5.74, 6) is -1.11. The highest BCUT2D eigenvalue weighted by Crippen LogP contribution is 2.16. The Labute approximate surface area is 154 Å². The summed E-state index contributed by atoms with van der Waals surface area (Å²) in [6.45, 7) is 0.989. The van der Waals surface area contributed by atoms with Gasteiger partial charge in [0.2, 0.25) is 10.0 Å². The number of nitrogens with zero attached hydrogens (tertiary/aromatic N) is 2. The molecule has 0 amide bonds. The summed E-state index contributed by atoms with van der Waals surface area (Å²) in [7, 11) is -1.99. The summed E-state index contributed by atoms with van der Waals surface area (Å²) in [5.41, 5.74) is 1.34. The summed E-state index contributed by atoms with van der Waals surface area (Å²) in [5, 5.41) is 1.63. The molecule has 0 aliphatic rings. The molecule has 0 aliphatic carbocycles. The first-order valence-corrected chi connectivity index (χ1v) is 10.2. The van der Waals surface area contributed by atoms with E-state index in [4.69, 9.17) is 4.74 Å². The number of anilines is 1. The Balaban J connectivity index is 1.95. The van der Waals surface area contributed by atoms with Crippen LogP contribution in [0.2, 0.25) is 0 Å². The number of esters is 1. The largest absolute Gasteiger partial charge is 0.456 e. The van der Waals surface area contributed by atoms with E-state index in [1.807, 2.05) is 0 Å². The Morgan fingerprint density at radius 1 is 1.23 bits per heavy atom. The molecule has 0 saturated carbocycles. The molecule has 10 heteroatoms. The fourth-order valence-corrected chi connectivity index (χ4v) is 3.29. The Bertz CT molecular complexity index is 973. The molecule has 0 radical (unpaired) electrons. The Hall–Kier alpha value is -2.46. The highest BCUT2D eigenvalue weighted by molar-refractivity contribution is 7.92. The normalized spacial score (nSPS) is 11.2. The van der Waals surface area contributed by atoms with E-state index in [0.29, 0.717) is 11.4 Å². The third kappa shape index (κ3) is 4.79. The maximum Gasteiger partial charge on any atom is 0.326 e. The van der Waals surface area contributed by atoms with Gasteiger partial charge < -0.3 is 4.74 Å². The van der Waals surface area contributed by atoms with Gasteiger partial charge in [-0.05, 0) is 31.2 Å². The Kier molecular flexibility index (Phi) is 5.98. The molecule has 1 aromatic heterocycles. The number of carbonyl (C=O) groups excluding carboxylic acids is 2. The van der Waals surface area contributed by atoms with E-state index in [0.717, 1.165) is 21.9 Å². The number of carbonyl (C=O) groups is 2. The third-order valence-electron chi connectivity index (χ3n) is 3.68. The molecule has 2 aromatic rings. The van der Waals surface area contributed by atoms with Gasteiger partial charge in [0.1, 0.15) is 6.54 Å². The molecule has 0 aliphatic heterocycles. The molecule has 26 heavy (non-hydrogen) atoms. The van der Waals surface area contributed by atoms with Crippen molar-refractivity contribution in [1.29, 1.82) is 0 Å². The predicted octanol–water partition coefficient (Wildman–Crippen LogP) is 1.04. The zero-order valence-corrected chi connectivity index (χ0v) is 16.1. The van der Waals surface area contributed by atoms with Gasteiger partial charge in [0.15, 0.2) is 12.4 Å². The number of Topliss-reactive ketones (excluding diaryl/α,β-unsaturated/α-hetero) is 1. The number of rotatable bonds is 7. The fraction of sp³-hybridized carbons (Fsp3) is 0.312. The SMILES string of the molecule is Cc1csc(=O)n1CC(=O)OCC(=O)c1ccc(N(C)S(C)(=O)=O)cc1. The maximum absolute atomic E-state index is 12.1. The molecule has 0 spiro atoms. The predicted molar refractivity (Wildman–Crippen MR) is 98.3 cm³/mol. The number of ether oxygens (including phenoxy) is 1. The number of aromatic nitrogens is 1. The van der Waals surface area contributed by atoms with Crippen LogP contribution < -0.4 is 9.18 Å². The van der Waals surface area contributed by atoms with E-state index in [1.165, 1.54) is 35.9 Å². The van der Waals surface area contributed by atoms with E-state index in [-0.39, 0.29) is 17.0 Å². The molecular weight excluding hydrogens is 380 g/mol. The van der Waals surface area contributed by atoms with Crippen LogP contribution in [0, 0.1) is 6.92 Å². The van der Waals surface area contributed by atoms with Gasteiger partial charge in [-0.15, -0.1) is 0 Å². The van der Waals surface area contributed by atoms with Gasteiger partial charge in [-0.1, -0.05) is 11.3 Å². The second-order valence-electron chi connectivity index (χ2n) is 5.59. The molecule has 0 saturated heterocycles. The van der Waals surface area contributed by atoms with E-state index in [9.17, 15) is 22.8 Å². The zero-order chi connectivity index (χ0) is 19.5. The van der Waals surface area contributed by atoms with E-state index < -0.39 is 28.4 Å². The molecule has 0 atom stereocenters. The number of benzene rings is 1. The van der Waals surface area contributed by atoms with Gasteiger partial charge in [0, 0.05) is 23.7 Å². The van der Waals surface area contributed by atoms with Crippen molar-refractivity contribution in [2.45, 2.75) is 13.5 Å². The van der Waals surface area contributed by atoms with Crippen LogP contribution in [0.3, 0.4) is 0 Å². The van der Waals surface area contributed by atoms with Crippen molar-refractivity contribution < 1.29 is 22.7 Å². The van der Waals surface area contributed by atoms with Gasteiger partial charge in [-0.25, -0.2) is 8.42 Å². The van der Waals surface area contributed by atoms with E-state index in [1.54, 1.807) is 12.3 Å². The topological polar surface area (TPSA) is 103 Å². The van der Waals surface area contributed by atoms with Gasteiger partial charge in [-0.3, -0.25) is 23.3 Å². The first-order valence-electron chi connectivity index (χ1n) is 7.47. The van der Waals surface area contributed by atoms with Crippen molar-refractivity contribution in [3.8, 4) is 0 Å². The van der Waals surface area contributed by atoms with Crippen LogP contribution in [0.5, 0.6) is 0 Å². The number of ketones is 1. The lowest BCUT2D eigenvalue weighted by Gasteiger charge is -2.16. The van der Waals surface area contributed by atoms with Crippen molar-refractivity contribution in [3.63, 3.8) is 0 Å². The minimum atomic E-state index is -3.39. The highest BCUT2D eigenvalue weighted by atomic mass is 32.2. The van der Waals surface area contributed by atoms with Gasteiger partial charge in [-0.2, -0.15) is 0 Å². The minimum Gasteiger partial charge on any atom is -0.456 e. The molecule has 1 heterocycles. The van der Waals surface area contributed by atoms with Crippen LogP contribution in [0.1, 0.15) is 16.1 Å². The zero-order valence-electron chi connectivity index (χ0n) is 14.5. The van der Waals surface area contributed by atoms with Crippen molar-refractivity contribution in [2.24, 2.45) is 0 Å². The quantitative estimate of drug-likeness (QED) is 0.510. The number of hydrogen-bond acceptors (Lipinski definition) is 7. The third-order valence-corrected chi connectivity index (χ3v) is 5.76. The molecule has 2 rings (SSSR count). The lowest BCUT2D eigenvalue weighted by Crippen LogP contribution is -2.25. The number of aryl methyl sites for hydroxylation is 1. The summed E-state index contributed by atoms with van der Waals surface area (Å²) in [4.78, 5) is 35.2. The van der Waals surface area contributed by atoms with Crippen molar-refractivity contribution >= 4 is 38.8 Å². The van der Waals surface area contributed by atoms with Crippen LogP contribution in [0.4, 0.5) is 5.69 Å². The first-order chi connectivity index (χ1) is 12.1. The lowest BCUT2D eigenvalue weighted by molar-refractivity contribution is -0.143. The standard InChI is InChI=1S/C16H18N2O6S2/c1-11-10-25-16(21)18(11)8-15(20)24-9-14(19)12-4-6-13(7-5-12)17(2)26(3,22)23/h4-7,10H,8-9H2,1-3H3. The van der Waals surface area contributed by atoms with Crippen molar-refractivity contribution in [2.75, 3.05) is 24.2 Å². The summed E-state index contributed by atoms with van der Waals surface area (Å²) < 4.78 is 30.2. The molecule has 0 bridgehead atoms. The average Bonchev–Trinajstić information content (AvgIpc) is 2.90. The monoisotopic (exact) mass is 398 g/mol. The Morgan fingerprint density at radius 3 is 2.35 bits per heavy atom. The smallest absolute Gasteiger partial charge is 0.326 e. The van der Waals surface area contributed by atoms with Crippen LogP contribution in [-0.2, 0) is 26.1 Å². The molecule has 1 aromatic carbocycles. The molecule has 8 nitrogen and oxygen atoms in total. The highest BCUT2D eigenvalue weighted by Gasteiger charge is 2.15. The number of hydrogen-bond donors (Lipinski definition) is 0. The molecule has 0 fully saturated rings. The maximum atomic E-state index is 12.1. The van der Waals surface area contributed by atoms with Gasteiger partial charge in [0.05, 0.1) is 11.9 Å². The van der Waals surface area contributed by atoms with Crippen LogP contribution >= 0.6 is 11.3 Å². The summed E-state index contributed by atoms with van der Waals surface area (Å²) in [6.07, 6.45) is 1.08. The Morgan fingerprint density at radius 2 is 1.85 bits per heavy atom. The van der Waals surface area contributed by atoms with Crippen molar-refractivity contribution in [3.05, 3.63) is 50.6 Å². The lowest BCUT2D eigenvalue weighted by atomic mass is 10.1. The molecule has 140 valence electrons. The van der Waals surface area contributed by atoms with Gasteiger partial charge >= 0.3 is 10.8 Å². The van der Waals surface area contributed by atoms with Crippen LogP contribution in [0.25, 0.3) is 0 Å². The molecule has 0 N–H and O–H groups in total. The fourth-order valence-electron chi connectivity index (χ4n) is 2.05. The minimum absolute atomic E-state index is 0.250. The molecule has 0 unspecified atom stereocenters. The second-order valence-corrected chi connectivity index (χ2v) is 8.42. The number of sulfonamides is 1. The summed E-state index contributed by atoms with van der Waals surface area (Å²) >= 11 is 0.985. The van der Waals surface area contributed by atoms with Crippen molar-refractivity contribution in [1.82, 2.24) is 4.57 Å². The van der Waals surface area contributed by atoms with E-state index >= 15 is 0 Å². The first kappa shape index (κ1) is 19.9. The van der Waals surface area contributed by atoms with Crippen LogP contribution in [0.15, 0.2) is 34.4 Å². The molecular formula is C16H18N2O6S2. The summed E-state index contributed by atoms with van der Waals surface area (Å²) in [6, 6.07) is 5.90. The van der Waals surface area contributed by atoms with E-state index in [2.05, 4.69) is 0 Å². The second kappa shape index (κ2) is 7.83. The van der Waals surface area contributed by atoms with Gasteiger partial charge in [0.25, 0.3) is 0 Å². The number of thiazole rings is 1. The van der Waals surface area contributed by atoms with Crippen LogP contribution in [-0.4, -0.2) is 44.6 Å².